The van der Waals surface area contributed by atoms with Crippen LogP contribution in [-0.4, -0.2) is 43.8 Å². The number of sulfonamides is 1. The van der Waals surface area contributed by atoms with Gasteiger partial charge in [0.05, 0.1) is 25.7 Å². The third-order valence-corrected chi connectivity index (χ3v) is 9.01. The van der Waals surface area contributed by atoms with E-state index in [1.165, 1.54) is 35.2 Å². The number of benzene rings is 3. The van der Waals surface area contributed by atoms with Crippen LogP contribution in [0.1, 0.15) is 32.8 Å². The minimum absolute atomic E-state index is 0.0255. The molecule has 3 aromatic rings. The number of nitrogens with one attached hydrogen (secondary N) is 1. The molecule has 0 aliphatic heterocycles. The highest BCUT2D eigenvalue weighted by Crippen LogP contribution is 2.33. The smallest absolute Gasteiger partial charge is 0.264 e. The standard InChI is InChI=1S/C28H29Cl4N3O4S/c1-4-25(28(37)33-18(2)3)34(16-19-10-12-22(30)24(32)14-19)27(36)17-35(26-15-20(29)11-13-23(26)31)40(38,39)21-8-6-5-7-9-21/h5-15,18,25H,4,16-17H2,1-3H3,(H,33,37). The summed E-state index contributed by atoms with van der Waals surface area (Å²) in [7, 11) is -4.28. The minimum Gasteiger partial charge on any atom is -0.352 e. The third-order valence-electron chi connectivity index (χ3n) is 5.94. The van der Waals surface area contributed by atoms with Crippen molar-refractivity contribution in [3.05, 3.63) is 92.4 Å². The van der Waals surface area contributed by atoms with Gasteiger partial charge in [-0.05, 0) is 68.3 Å². The van der Waals surface area contributed by atoms with Crippen LogP contribution in [0.15, 0.2) is 71.6 Å². The maximum absolute atomic E-state index is 14.1. The van der Waals surface area contributed by atoms with E-state index in [-0.39, 0.29) is 50.6 Å². The Hall–Kier alpha value is -2.49. The molecule has 3 aromatic carbocycles. The number of carbonyl (C=O) groups is 2. The lowest BCUT2D eigenvalue weighted by Gasteiger charge is -2.33. The summed E-state index contributed by atoms with van der Waals surface area (Å²) >= 11 is 24.9. The molecule has 1 N–H and O–H groups in total. The molecule has 3 rings (SSSR count). The minimum atomic E-state index is -4.28. The summed E-state index contributed by atoms with van der Waals surface area (Å²) in [5.74, 6) is -1.00. The van der Waals surface area contributed by atoms with Crippen LogP contribution >= 0.6 is 46.4 Å². The lowest BCUT2D eigenvalue weighted by Crippen LogP contribution is -2.53. The van der Waals surface area contributed by atoms with Gasteiger partial charge in [0.2, 0.25) is 11.8 Å². The Morgan fingerprint density at radius 2 is 1.52 bits per heavy atom. The summed E-state index contributed by atoms with van der Waals surface area (Å²) in [5.41, 5.74) is 0.636. The molecule has 0 aliphatic rings. The number of amides is 2. The van der Waals surface area contributed by atoms with Gasteiger partial charge in [-0.2, -0.15) is 0 Å². The molecule has 0 fully saturated rings. The quantitative estimate of drug-likeness (QED) is 0.248. The molecule has 0 heterocycles. The van der Waals surface area contributed by atoms with E-state index in [0.29, 0.717) is 10.6 Å². The molecule has 12 heteroatoms. The summed E-state index contributed by atoms with van der Waals surface area (Å²) in [6.07, 6.45) is 0.273. The van der Waals surface area contributed by atoms with Crippen LogP contribution < -0.4 is 9.62 Å². The number of rotatable bonds is 11. The monoisotopic (exact) mass is 643 g/mol. The fourth-order valence-electron chi connectivity index (χ4n) is 4.04. The molecular formula is C28H29Cl4N3O4S. The number of carbonyl (C=O) groups excluding carboxylic acids is 2. The molecule has 0 bridgehead atoms. The van der Waals surface area contributed by atoms with Crippen molar-refractivity contribution in [1.29, 1.82) is 0 Å². The molecular weight excluding hydrogens is 616 g/mol. The van der Waals surface area contributed by atoms with Gasteiger partial charge in [0, 0.05) is 17.6 Å². The molecule has 2 amide bonds. The molecule has 7 nitrogen and oxygen atoms in total. The molecule has 0 spiro atoms. The first-order valence-corrected chi connectivity index (χ1v) is 15.4. The Kier molecular flexibility index (Phi) is 11.1. The first-order chi connectivity index (χ1) is 18.8. The largest absolute Gasteiger partial charge is 0.352 e. The zero-order chi connectivity index (χ0) is 29.6. The Balaban J connectivity index is 2.11. The van der Waals surface area contributed by atoms with Gasteiger partial charge in [-0.25, -0.2) is 8.42 Å². The van der Waals surface area contributed by atoms with Crippen LogP contribution in [0.25, 0.3) is 0 Å². The fourth-order valence-corrected chi connectivity index (χ4v) is 6.25. The van der Waals surface area contributed by atoms with Gasteiger partial charge in [-0.3, -0.25) is 13.9 Å². The molecule has 0 saturated heterocycles. The molecule has 0 saturated carbocycles. The highest BCUT2D eigenvalue weighted by molar-refractivity contribution is 7.92. The summed E-state index contributed by atoms with van der Waals surface area (Å²) < 4.78 is 28.6. The van der Waals surface area contributed by atoms with Gasteiger partial charge in [-0.15, -0.1) is 0 Å². The van der Waals surface area contributed by atoms with E-state index < -0.39 is 28.5 Å². The van der Waals surface area contributed by atoms with E-state index in [2.05, 4.69) is 5.32 Å². The Morgan fingerprint density at radius 3 is 2.12 bits per heavy atom. The SMILES string of the molecule is CCC(C(=O)NC(C)C)N(Cc1ccc(Cl)c(Cl)c1)C(=O)CN(c1cc(Cl)ccc1Cl)S(=O)(=O)c1ccccc1. The van der Waals surface area contributed by atoms with Crippen molar-refractivity contribution >= 4 is 73.9 Å². The van der Waals surface area contributed by atoms with Crippen LogP contribution in [0.5, 0.6) is 0 Å². The summed E-state index contributed by atoms with van der Waals surface area (Å²) in [5, 5.41) is 3.77. The van der Waals surface area contributed by atoms with Crippen LogP contribution in [0.2, 0.25) is 20.1 Å². The third kappa shape index (κ3) is 7.83. The van der Waals surface area contributed by atoms with Crippen molar-refractivity contribution in [2.75, 3.05) is 10.8 Å². The summed E-state index contributed by atoms with van der Waals surface area (Å²) in [6.45, 7) is 4.72. The second-order valence-corrected chi connectivity index (χ2v) is 12.8. The van der Waals surface area contributed by atoms with Crippen molar-refractivity contribution < 1.29 is 18.0 Å². The second-order valence-electron chi connectivity index (χ2n) is 9.28. The predicted octanol–water partition coefficient (Wildman–Crippen LogP) is 6.83. The van der Waals surface area contributed by atoms with Gasteiger partial charge in [0.15, 0.2) is 0 Å². The first kappa shape index (κ1) is 32.0. The van der Waals surface area contributed by atoms with Crippen LogP contribution in [0.4, 0.5) is 5.69 Å². The Bertz CT molecular complexity index is 1470. The van der Waals surface area contributed by atoms with Crippen molar-refractivity contribution in [3.8, 4) is 0 Å². The van der Waals surface area contributed by atoms with E-state index in [1.54, 1.807) is 43.3 Å². The number of nitrogens with zero attached hydrogens (tertiary/aromatic N) is 2. The molecule has 0 aromatic heterocycles. The van der Waals surface area contributed by atoms with E-state index in [0.717, 1.165) is 4.31 Å². The number of hydrogen-bond donors (Lipinski definition) is 1. The van der Waals surface area contributed by atoms with Crippen molar-refractivity contribution in [3.63, 3.8) is 0 Å². The first-order valence-electron chi connectivity index (χ1n) is 12.4. The number of hydrogen-bond acceptors (Lipinski definition) is 4. The van der Waals surface area contributed by atoms with Gasteiger partial charge in [-0.1, -0.05) is 77.6 Å². The predicted molar refractivity (Wildman–Crippen MR) is 162 cm³/mol. The van der Waals surface area contributed by atoms with E-state index in [1.807, 2.05) is 13.8 Å². The second kappa shape index (κ2) is 13.9. The van der Waals surface area contributed by atoms with Crippen LogP contribution in [0.3, 0.4) is 0 Å². The van der Waals surface area contributed by atoms with Gasteiger partial charge < -0.3 is 10.2 Å². The van der Waals surface area contributed by atoms with E-state index in [9.17, 15) is 18.0 Å². The highest BCUT2D eigenvalue weighted by atomic mass is 35.5. The zero-order valence-corrected chi connectivity index (χ0v) is 25.9. The van der Waals surface area contributed by atoms with E-state index >= 15 is 0 Å². The lowest BCUT2D eigenvalue weighted by molar-refractivity contribution is -0.140. The average Bonchev–Trinajstić information content (AvgIpc) is 2.90. The van der Waals surface area contributed by atoms with E-state index in [4.69, 9.17) is 46.4 Å². The van der Waals surface area contributed by atoms with Crippen LogP contribution in [0, 0.1) is 0 Å². The molecule has 1 unspecified atom stereocenters. The van der Waals surface area contributed by atoms with Crippen molar-refractivity contribution in [2.45, 2.75) is 50.7 Å². The highest BCUT2D eigenvalue weighted by Gasteiger charge is 2.34. The maximum Gasteiger partial charge on any atom is 0.264 e. The Morgan fingerprint density at radius 1 is 0.875 bits per heavy atom. The summed E-state index contributed by atoms with van der Waals surface area (Å²) in [4.78, 5) is 28.5. The molecule has 1 atom stereocenters. The maximum atomic E-state index is 14.1. The van der Waals surface area contributed by atoms with Gasteiger partial charge >= 0.3 is 0 Å². The molecule has 40 heavy (non-hydrogen) atoms. The fraction of sp³-hybridized carbons (Fsp3) is 0.286. The molecule has 0 radical (unpaired) electrons. The van der Waals surface area contributed by atoms with Crippen LogP contribution in [-0.2, 0) is 26.2 Å². The van der Waals surface area contributed by atoms with Gasteiger partial charge in [0.25, 0.3) is 10.0 Å². The van der Waals surface area contributed by atoms with Crippen molar-refractivity contribution in [2.24, 2.45) is 0 Å². The average molecular weight is 645 g/mol. The topological polar surface area (TPSA) is 86.8 Å². The van der Waals surface area contributed by atoms with Crippen molar-refractivity contribution in [1.82, 2.24) is 10.2 Å². The lowest BCUT2D eigenvalue weighted by atomic mass is 10.1. The normalized spacial score (nSPS) is 12.2. The number of anilines is 1. The number of halogens is 4. The Labute approximate surface area is 255 Å². The van der Waals surface area contributed by atoms with Gasteiger partial charge in [0.1, 0.15) is 12.6 Å². The molecule has 214 valence electrons. The summed E-state index contributed by atoms with van der Waals surface area (Å²) in [6, 6.07) is 15.8. The molecule has 0 aliphatic carbocycles. The zero-order valence-electron chi connectivity index (χ0n) is 22.1.